The van der Waals surface area contributed by atoms with Crippen LogP contribution in [-0.2, 0) is 9.53 Å². The summed E-state index contributed by atoms with van der Waals surface area (Å²) in [7, 11) is 0. The second-order valence-corrected chi connectivity index (χ2v) is 4.67. The number of alkyl halides is 1. The van der Waals surface area contributed by atoms with Crippen molar-refractivity contribution < 1.29 is 13.9 Å². The van der Waals surface area contributed by atoms with E-state index in [1.165, 1.54) is 12.1 Å². The van der Waals surface area contributed by atoms with E-state index in [-0.39, 0.29) is 17.5 Å². The Labute approximate surface area is 105 Å². The summed E-state index contributed by atoms with van der Waals surface area (Å²) in [6.45, 7) is 1.16. The van der Waals surface area contributed by atoms with Crippen molar-refractivity contribution in [3.8, 4) is 0 Å². The lowest BCUT2D eigenvalue weighted by Crippen LogP contribution is -2.27. The molecule has 0 saturated carbocycles. The third-order valence-corrected chi connectivity index (χ3v) is 3.44. The third-order valence-electron chi connectivity index (χ3n) is 2.98. The molecule has 0 aromatic heterocycles. The minimum atomic E-state index is -0.706. The molecule has 2 rings (SSSR count). The van der Waals surface area contributed by atoms with Gasteiger partial charge in [-0.2, -0.15) is 0 Å². The predicted octanol–water partition coefficient (Wildman–Crippen LogP) is 3.10. The van der Waals surface area contributed by atoms with Gasteiger partial charge in [0.2, 0.25) is 0 Å². The molecule has 92 valence electrons. The SMILES string of the molecule is O=C(C1CCCOC1)C(Cl)c1ccc(F)cc1. The van der Waals surface area contributed by atoms with Gasteiger partial charge in [0, 0.05) is 12.5 Å². The van der Waals surface area contributed by atoms with Crippen LogP contribution in [0.2, 0.25) is 0 Å². The van der Waals surface area contributed by atoms with Crippen LogP contribution in [-0.4, -0.2) is 19.0 Å². The number of hydrogen-bond donors (Lipinski definition) is 0. The summed E-state index contributed by atoms with van der Waals surface area (Å²) in [6, 6.07) is 5.73. The Morgan fingerprint density at radius 1 is 1.41 bits per heavy atom. The van der Waals surface area contributed by atoms with E-state index < -0.39 is 5.38 Å². The summed E-state index contributed by atoms with van der Waals surface area (Å²) in [5.41, 5.74) is 0.642. The fourth-order valence-electron chi connectivity index (χ4n) is 1.97. The Bertz CT molecular complexity index is 385. The van der Waals surface area contributed by atoms with Crippen molar-refractivity contribution in [2.75, 3.05) is 13.2 Å². The maximum atomic E-state index is 12.8. The van der Waals surface area contributed by atoms with E-state index in [1.54, 1.807) is 12.1 Å². The van der Waals surface area contributed by atoms with Crippen LogP contribution in [0.15, 0.2) is 24.3 Å². The van der Waals surface area contributed by atoms with Crippen LogP contribution in [0.3, 0.4) is 0 Å². The van der Waals surface area contributed by atoms with E-state index in [0.29, 0.717) is 18.8 Å². The van der Waals surface area contributed by atoms with E-state index in [1.807, 2.05) is 0 Å². The molecule has 2 atom stereocenters. The van der Waals surface area contributed by atoms with E-state index in [2.05, 4.69) is 0 Å². The lowest BCUT2D eigenvalue weighted by molar-refractivity contribution is -0.126. The zero-order valence-electron chi connectivity index (χ0n) is 9.36. The highest BCUT2D eigenvalue weighted by atomic mass is 35.5. The van der Waals surface area contributed by atoms with Crippen LogP contribution >= 0.6 is 11.6 Å². The van der Waals surface area contributed by atoms with E-state index in [9.17, 15) is 9.18 Å². The molecular weight excluding hydrogens is 243 g/mol. The number of ether oxygens (including phenoxy) is 1. The molecule has 1 heterocycles. The van der Waals surface area contributed by atoms with Gasteiger partial charge in [-0.3, -0.25) is 4.79 Å². The monoisotopic (exact) mass is 256 g/mol. The molecule has 2 nitrogen and oxygen atoms in total. The molecule has 4 heteroatoms. The molecule has 0 spiro atoms. The van der Waals surface area contributed by atoms with Crippen molar-refractivity contribution in [1.82, 2.24) is 0 Å². The maximum absolute atomic E-state index is 12.8. The molecule has 2 unspecified atom stereocenters. The van der Waals surface area contributed by atoms with Crippen molar-refractivity contribution in [2.45, 2.75) is 18.2 Å². The predicted molar refractivity (Wildman–Crippen MR) is 63.5 cm³/mol. The van der Waals surface area contributed by atoms with Crippen LogP contribution in [0.25, 0.3) is 0 Å². The fourth-order valence-corrected chi connectivity index (χ4v) is 2.29. The Kier molecular flexibility index (Phi) is 4.13. The fraction of sp³-hybridized carbons (Fsp3) is 0.462. The molecular formula is C13H14ClFO2. The maximum Gasteiger partial charge on any atom is 0.160 e. The third kappa shape index (κ3) is 3.05. The number of benzene rings is 1. The largest absolute Gasteiger partial charge is 0.381 e. The average Bonchev–Trinajstić information content (AvgIpc) is 2.39. The lowest BCUT2D eigenvalue weighted by atomic mass is 9.93. The van der Waals surface area contributed by atoms with Gasteiger partial charge in [-0.25, -0.2) is 4.39 Å². The number of ketones is 1. The minimum Gasteiger partial charge on any atom is -0.381 e. The van der Waals surface area contributed by atoms with E-state index >= 15 is 0 Å². The summed E-state index contributed by atoms with van der Waals surface area (Å²) in [5, 5.41) is -0.706. The highest BCUT2D eigenvalue weighted by Crippen LogP contribution is 2.28. The van der Waals surface area contributed by atoms with E-state index in [4.69, 9.17) is 16.3 Å². The number of carbonyl (C=O) groups is 1. The second kappa shape index (κ2) is 5.61. The summed E-state index contributed by atoms with van der Waals surface area (Å²) >= 11 is 6.11. The van der Waals surface area contributed by atoms with Gasteiger partial charge in [0.1, 0.15) is 11.2 Å². The Hall–Kier alpha value is -0.930. The van der Waals surface area contributed by atoms with Gasteiger partial charge in [-0.05, 0) is 30.5 Å². The number of halogens is 2. The first-order valence-corrected chi connectivity index (χ1v) is 6.13. The first kappa shape index (κ1) is 12.5. The van der Waals surface area contributed by atoms with Crippen LogP contribution in [0, 0.1) is 11.7 Å². The molecule has 0 radical (unpaired) electrons. The lowest BCUT2D eigenvalue weighted by Gasteiger charge is -2.23. The molecule has 0 amide bonds. The topological polar surface area (TPSA) is 26.3 Å². The Balaban J connectivity index is 2.05. The van der Waals surface area contributed by atoms with Gasteiger partial charge in [0.25, 0.3) is 0 Å². The molecule has 17 heavy (non-hydrogen) atoms. The summed E-state index contributed by atoms with van der Waals surface area (Å²) in [5.74, 6) is -0.486. The molecule has 1 aromatic carbocycles. The van der Waals surface area contributed by atoms with Crippen LogP contribution in [0.5, 0.6) is 0 Å². The van der Waals surface area contributed by atoms with Crippen molar-refractivity contribution in [3.63, 3.8) is 0 Å². The van der Waals surface area contributed by atoms with Gasteiger partial charge in [-0.15, -0.1) is 11.6 Å². The first-order chi connectivity index (χ1) is 8.18. The first-order valence-electron chi connectivity index (χ1n) is 5.69. The summed E-state index contributed by atoms with van der Waals surface area (Å²) in [4.78, 5) is 12.1. The van der Waals surface area contributed by atoms with E-state index in [0.717, 1.165) is 12.8 Å². The molecule has 1 aliphatic rings. The molecule has 0 N–H and O–H groups in total. The highest BCUT2D eigenvalue weighted by Gasteiger charge is 2.28. The van der Waals surface area contributed by atoms with Gasteiger partial charge < -0.3 is 4.74 Å². The number of Topliss-reactive ketones (excluding diaryl/α,β-unsaturated/α-hetero) is 1. The van der Waals surface area contributed by atoms with Crippen LogP contribution < -0.4 is 0 Å². The Morgan fingerprint density at radius 3 is 2.71 bits per heavy atom. The summed E-state index contributed by atoms with van der Waals surface area (Å²) in [6.07, 6.45) is 1.71. The van der Waals surface area contributed by atoms with Gasteiger partial charge in [0.15, 0.2) is 5.78 Å². The van der Waals surface area contributed by atoms with Gasteiger partial charge in [-0.1, -0.05) is 12.1 Å². The molecule has 0 aliphatic carbocycles. The van der Waals surface area contributed by atoms with Crippen molar-refractivity contribution in [1.29, 1.82) is 0 Å². The zero-order chi connectivity index (χ0) is 12.3. The standard InChI is InChI=1S/C13H14ClFO2/c14-12(9-3-5-11(15)6-4-9)13(16)10-2-1-7-17-8-10/h3-6,10,12H,1-2,7-8H2. The van der Waals surface area contributed by atoms with Crippen LogP contribution in [0.4, 0.5) is 4.39 Å². The number of rotatable bonds is 3. The zero-order valence-corrected chi connectivity index (χ0v) is 10.1. The molecule has 1 fully saturated rings. The smallest absolute Gasteiger partial charge is 0.160 e. The van der Waals surface area contributed by atoms with Crippen molar-refractivity contribution >= 4 is 17.4 Å². The Morgan fingerprint density at radius 2 is 2.12 bits per heavy atom. The van der Waals surface area contributed by atoms with Gasteiger partial charge >= 0.3 is 0 Å². The van der Waals surface area contributed by atoms with Crippen molar-refractivity contribution in [3.05, 3.63) is 35.6 Å². The van der Waals surface area contributed by atoms with Crippen LogP contribution in [0.1, 0.15) is 23.8 Å². The molecule has 1 aliphatic heterocycles. The molecule has 1 aromatic rings. The molecule has 0 bridgehead atoms. The van der Waals surface area contributed by atoms with Crippen molar-refractivity contribution in [2.24, 2.45) is 5.92 Å². The quantitative estimate of drug-likeness (QED) is 0.777. The molecule has 1 saturated heterocycles. The van der Waals surface area contributed by atoms with Gasteiger partial charge in [0.05, 0.1) is 6.61 Å². The summed E-state index contributed by atoms with van der Waals surface area (Å²) < 4.78 is 18.0. The highest BCUT2D eigenvalue weighted by molar-refractivity contribution is 6.31. The normalized spacial score (nSPS) is 22.1. The minimum absolute atomic E-state index is 0.0297. The second-order valence-electron chi connectivity index (χ2n) is 4.23. The average molecular weight is 257 g/mol. The number of hydrogen-bond acceptors (Lipinski definition) is 2. The number of carbonyl (C=O) groups excluding carboxylic acids is 1.